The fourth-order valence-electron chi connectivity index (χ4n) is 0.771. The number of nitrogens with zero attached hydrogens (tertiary/aromatic N) is 2. The average Bonchev–Trinajstić information content (AvgIpc) is 2.28. The van der Waals surface area contributed by atoms with E-state index in [9.17, 15) is 39.6 Å². The quantitative estimate of drug-likeness (QED) is 0.266. The summed E-state index contributed by atoms with van der Waals surface area (Å²) in [6, 6.07) is 0.456. The van der Waals surface area contributed by atoms with E-state index in [4.69, 9.17) is 15.2 Å². The molecule has 0 aromatic heterocycles. The van der Waals surface area contributed by atoms with Gasteiger partial charge in [0.05, 0.1) is 0 Å². The van der Waals surface area contributed by atoms with E-state index in [-0.39, 0.29) is 0 Å². The van der Waals surface area contributed by atoms with Gasteiger partial charge >= 0.3 is 27.2 Å². The number of Topliss-reactive ketones (excluding diaryl/α,β-unsaturated/α-hetero) is 1. The van der Waals surface area contributed by atoms with Crippen LogP contribution in [0.1, 0.15) is 0 Å². The van der Waals surface area contributed by atoms with Gasteiger partial charge in [0.2, 0.25) is 0 Å². The van der Waals surface area contributed by atoms with Crippen LogP contribution in [-0.4, -0.2) is 41.7 Å². The second-order valence-corrected chi connectivity index (χ2v) is 4.53. The third kappa shape index (κ3) is 2.40. The van der Waals surface area contributed by atoms with Crippen LogP contribution in [0.3, 0.4) is 0 Å². The lowest BCUT2D eigenvalue weighted by Crippen LogP contribution is -2.60. The highest BCUT2D eigenvalue weighted by atomic mass is 32.2. The van der Waals surface area contributed by atoms with E-state index in [2.05, 4.69) is 0 Å². The second kappa shape index (κ2) is 4.89. The first kappa shape index (κ1) is 18.1. The zero-order chi connectivity index (χ0) is 16.6. The average molecular weight is 323 g/mol. The Morgan fingerprint density at radius 1 is 1.15 bits per heavy atom. The smallest absolute Gasteiger partial charge is 0.438 e. The topological polar surface area (TPSA) is 118 Å². The first-order chi connectivity index (χ1) is 8.68. The molecule has 0 radical (unpaired) electrons. The molecule has 112 valence electrons. The predicted octanol–water partition coefficient (Wildman–Crippen LogP) is 0.996. The van der Waals surface area contributed by atoms with Crippen LogP contribution in [0.15, 0.2) is 5.57 Å². The van der Waals surface area contributed by atoms with Crippen molar-refractivity contribution >= 4 is 21.8 Å². The Morgan fingerprint density at radius 2 is 1.55 bits per heavy atom. The zero-order valence-electron chi connectivity index (χ0n) is 8.74. The van der Waals surface area contributed by atoms with Crippen molar-refractivity contribution in [3.05, 3.63) is 11.0 Å². The minimum Gasteiger partial charge on any atom is -0.762 e. The van der Waals surface area contributed by atoms with Crippen LogP contribution < -0.4 is 0 Å². The van der Waals surface area contributed by atoms with Crippen LogP contribution >= 0.6 is 0 Å². The lowest BCUT2D eigenvalue weighted by Gasteiger charge is -2.29. The Morgan fingerprint density at radius 3 is 1.80 bits per heavy atom. The highest BCUT2D eigenvalue weighted by Crippen LogP contribution is 2.49. The van der Waals surface area contributed by atoms with Crippen molar-refractivity contribution in [1.82, 2.24) is 0 Å². The SMILES string of the molecule is N#CC(=C=[N-])C(=O)C(F)(F)C(F)(F)C(F)(F)S(=O)(=O)O. The molecule has 0 saturated carbocycles. The minimum absolute atomic E-state index is 0.456. The number of hydrogen-bond donors (Lipinski definition) is 1. The summed E-state index contributed by atoms with van der Waals surface area (Å²) in [6.07, 6.45) is 0. The van der Waals surface area contributed by atoms with Crippen molar-refractivity contribution in [1.29, 1.82) is 5.26 Å². The first-order valence-corrected chi connectivity index (χ1v) is 5.45. The summed E-state index contributed by atoms with van der Waals surface area (Å²) in [4.78, 5) is 10.7. The maximum absolute atomic E-state index is 13.0. The number of hydrogen-bond acceptors (Lipinski definition) is 4. The van der Waals surface area contributed by atoms with E-state index < -0.39 is 38.6 Å². The summed E-state index contributed by atoms with van der Waals surface area (Å²) in [5.41, 5.74) is -2.15. The number of alkyl halides is 6. The van der Waals surface area contributed by atoms with E-state index in [0.29, 0.717) is 11.9 Å². The number of ketones is 1. The molecule has 20 heavy (non-hydrogen) atoms. The molecule has 0 spiro atoms. The summed E-state index contributed by atoms with van der Waals surface area (Å²) >= 11 is 0. The van der Waals surface area contributed by atoms with Crippen molar-refractivity contribution in [3.63, 3.8) is 0 Å². The Bertz CT molecular complexity index is 628. The number of halogens is 6. The number of carbonyl (C=O) groups excluding carboxylic acids is 1. The molecule has 0 aromatic rings. The lowest BCUT2D eigenvalue weighted by atomic mass is 10.0. The number of allylic oxidation sites excluding steroid dienone is 1. The van der Waals surface area contributed by atoms with E-state index in [1.807, 2.05) is 0 Å². The van der Waals surface area contributed by atoms with Gasteiger partial charge in [0.25, 0.3) is 5.78 Å². The van der Waals surface area contributed by atoms with Gasteiger partial charge in [-0.2, -0.15) is 40.0 Å². The van der Waals surface area contributed by atoms with E-state index >= 15 is 0 Å². The van der Waals surface area contributed by atoms with Crippen molar-refractivity contribution in [2.24, 2.45) is 0 Å². The second-order valence-electron chi connectivity index (χ2n) is 3.07. The molecule has 1 N–H and O–H groups in total. The molecular formula is C7HF6N2O4S-. The standard InChI is InChI=1S/C7HF6N2O4S/c8-5(9,4(16)3(1-14)2-15)6(10,11)7(12,13)20(17,18)19/h(H,17,18,19)/q-1. The molecule has 13 heteroatoms. The van der Waals surface area contributed by atoms with Crippen LogP contribution in [0.5, 0.6) is 0 Å². The highest BCUT2D eigenvalue weighted by molar-refractivity contribution is 7.87. The monoisotopic (exact) mass is 323 g/mol. The fourth-order valence-corrected chi connectivity index (χ4v) is 1.22. The van der Waals surface area contributed by atoms with Gasteiger partial charge in [-0.3, -0.25) is 9.35 Å². The molecule has 0 rings (SSSR count). The summed E-state index contributed by atoms with van der Waals surface area (Å²) < 4.78 is 105. The molecule has 0 heterocycles. The summed E-state index contributed by atoms with van der Waals surface area (Å²) in [5, 5.41) is 9.32. The van der Waals surface area contributed by atoms with Gasteiger partial charge in [-0.15, -0.1) is 0 Å². The molecular weight excluding hydrogens is 322 g/mol. The number of nitriles is 1. The Labute approximate surface area is 106 Å². The number of carbonyl (C=O) groups is 1. The predicted molar refractivity (Wildman–Crippen MR) is 48.9 cm³/mol. The van der Waals surface area contributed by atoms with E-state index in [1.54, 1.807) is 0 Å². The molecule has 0 atom stereocenters. The molecule has 6 nitrogen and oxygen atoms in total. The van der Waals surface area contributed by atoms with Crippen molar-refractivity contribution in [2.45, 2.75) is 17.1 Å². The molecule has 0 aliphatic rings. The molecule has 0 aromatic carbocycles. The Kier molecular flexibility index (Phi) is 4.43. The fraction of sp³-hybridized carbons (Fsp3) is 0.429. The van der Waals surface area contributed by atoms with Crippen molar-refractivity contribution in [2.75, 3.05) is 0 Å². The van der Waals surface area contributed by atoms with Gasteiger partial charge in [0.15, 0.2) is 0 Å². The minimum atomic E-state index is -7.01. The highest BCUT2D eigenvalue weighted by Gasteiger charge is 2.80. The Balaban J connectivity index is 6.16. The molecule has 0 amide bonds. The molecule has 0 aliphatic heterocycles. The van der Waals surface area contributed by atoms with Gasteiger partial charge in [-0.25, -0.2) is 5.87 Å². The number of rotatable bonds is 5. The molecule has 0 saturated heterocycles. The summed E-state index contributed by atoms with van der Waals surface area (Å²) in [6.45, 7) is 0. The van der Waals surface area contributed by atoms with Gasteiger partial charge in [0.1, 0.15) is 11.6 Å². The zero-order valence-corrected chi connectivity index (χ0v) is 9.56. The maximum Gasteiger partial charge on any atom is 0.438 e. The molecule has 0 aliphatic carbocycles. The molecule has 0 unspecified atom stereocenters. The van der Waals surface area contributed by atoms with Gasteiger partial charge < -0.3 is 5.41 Å². The van der Waals surface area contributed by atoms with Crippen LogP contribution in [0.4, 0.5) is 26.3 Å². The van der Waals surface area contributed by atoms with Gasteiger partial charge in [-0.05, 0) is 0 Å². The van der Waals surface area contributed by atoms with E-state index in [1.165, 1.54) is 0 Å². The largest absolute Gasteiger partial charge is 0.762 e. The van der Waals surface area contributed by atoms with Gasteiger partial charge in [-0.1, -0.05) is 0 Å². The normalized spacial score (nSPS) is 13.3. The third-order valence-electron chi connectivity index (χ3n) is 1.82. The third-order valence-corrected chi connectivity index (χ3v) is 2.72. The maximum atomic E-state index is 13.0. The first-order valence-electron chi connectivity index (χ1n) is 4.01. The van der Waals surface area contributed by atoms with Gasteiger partial charge in [0, 0.05) is 0 Å². The van der Waals surface area contributed by atoms with Crippen molar-refractivity contribution in [3.8, 4) is 6.07 Å². The van der Waals surface area contributed by atoms with Crippen LogP contribution in [0.25, 0.3) is 5.41 Å². The lowest BCUT2D eigenvalue weighted by molar-refractivity contribution is -0.267. The van der Waals surface area contributed by atoms with Crippen LogP contribution in [0.2, 0.25) is 0 Å². The van der Waals surface area contributed by atoms with Crippen LogP contribution in [-0.2, 0) is 14.9 Å². The van der Waals surface area contributed by atoms with Crippen molar-refractivity contribution < 1.29 is 44.1 Å². The Hall–Kier alpha value is -1.90. The van der Waals surface area contributed by atoms with E-state index in [0.717, 1.165) is 0 Å². The molecule has 0 fully saturated rings. The molecule has 0 bridgehead atoms. The van der Waals surface area contributed by atoms with Crippen LogP contribution in [0, 0.1) is 11.3 Å². The summed E-state index contributed by atoms with van der Waals surface area (Å²) in [7, 11) is -7.01. The summed E-state index contributed by atoms with van der Waals surface area (Å²) in [5.74, 6) is -16.2.